The first-order valence-electron chi connectivity index (χ1n) is 5.37. The fourth-order valence-electron chi connectivity index (χ4n) is 1.42. The number of nitrogens with zero attached hydrogens (tertiary/aromatic N) is 1. The number of carboxylic acids is 1. The second-order valence-corrected chi connectivity index (χ2v) is 6.70. The molecule has 1 heterocycles. The van der Waals surface area contributed by atoms with Crippen LogP contribution in [0.3, 0.4) is 0 Å². The third-order valence-electron chi connectivity index (χ3n) is 2.33. The number of carboxylic acid groups (broad SMARTS) is 1. The van der Waals surface area contributed by atoms with Gasteiger partial charge in [-0.15, -0.1) is 0 Å². The zero-order valence-corrected chi connectivity index (χ0v) is 12.9. The van der Waals surface area contributed by atoms with Gasteiger partial charge in [0.1, 0.15) is 5.82 Å². The summed E-state index contributed by atoms with van der Waals surface area (Å²) in [7, 11) is -3.78. The van der Waals surface area contributed by atoms with Crippen LogP contribution in [-0.2, 0) is 10.0 Å². The van der Waals surface area contributed by atoms with Crippen LogP contribution in [0.25, 0.3) is 0 Å². The molecule has 2 rings (SSSR count). The Bertz CT molecular complexity index is 744. The highest BCUT2D eigenvalue weighted by molar-refractivity contribution is 14.1. The smallest absolute Gasteiger partial charge is 0.354 e. The number of carbonyl (C=O) groups is 1. The molecule has 104 valence electrons. The highest BCUT2D eigenvalue weighted by atomic mass is 127. The molecular formula is C12H9IN2O4S. The van der Waals surface area contributed by atoms with E-state index in [-0.39, 0.29) is 16.4 Å². The van der Waals surface area contributed by atoms with E-state index >= 15 is 0 Å². The molecule has 2 N–H and O–H groups in total. The average Bonchev–Trinajstić information content (AvgIpc) is 2.39. The second kappa shape index (κ2) is 5.75. The van der Waals surface area contributed by atoms with Gasteiger partial charge in [0.25, 0.3) is 10.0 Å². The van der Waals surface area contributed by atoms with E-state index in [0.717, 1.165) is 3.57 Å². The summed E-state index contributed by atoms with van der Waals surface area (Å²) < 4.78 is 27.3. The maximum atomic E-state index is 12.1. The molecule has 1 aromatic heterocycles. The van der Waals surface area contributed by atoms with Crippen LogP contribution in [0.2, 0.25) is 0 Å². The summed E-state index contributed by atoms with van der Waals surface area (Å²) in [6, 6.07) is 10.3. The Hall–Kier alpha value is -1.68. The van der Waals surface area contributed by atoms with Crippen molar-refractivity contribution in [1.82, 2.24) is 4.98 Å². The molecule has 0 bridgehead atoms. The van der Waals surface area contributed by atoms with Crippen molar-refractivity contribution in [3.8, 4) is 0 Å². The van der Waals surface area contributed by atoms with Gasteiger partial charge in [0, 0.05) is 3.57 Å². The molecule has 1 aromatic carbocycles. The fraction of sp³-hybridized carbons (Fsp3) is 0. The summed E-state index contributed by atoms with van der Waals surface area (Å²) in [5.41, 5.74) is -0.229. The van der Waals surface area contributed by atoms with Gasteiger partial charge in [-0.25, -0.2) is 18.2 Å². The summed E-state index contributed by atoms with van der Waals surface area (Å²) in [4.78, 5) is 14.6. The SMILES string of the molecule is O=C(O)c1cccc(NS(=O)(=O)c2ccc(I)cc2)n1. The molecule has 8 heteroatoms. The van der Waals surface area contributed by atoms with Gasteiger partial charge in [-0.05, 0) is 59.0 Å². The summed E-state index contributed by atoms with van der Waals surface area (Å²) in [5, 5.41) is 8.81. The lowest BCUT2D eigenvalue weighted by molar-refractivity contribution is 0.0690. The van der Waals surface area contributed by atoms with E-state index in [1.165, 1.54) is 30.3 Å². The predicted molar refractivity (Wildman–Crippen MR) is 81.2 cm³/mol. The molecule has 6 nitrogen and oxygen atoms in total. The van der Waals surface area contributed by atoms with E-state index in [0.29, 0.717) is 0 Å². The summed E-state index contributed by atoms with van der Waals surface area (Å²) >= 11 is 2.07. The fourth-order valence-corrected chi connectivity index (χ4v) is 2.78. The molecule has 0 spiro atoms. The Kier molecular flexibility index (Phi) is 4.23. The van der Waals surface area contributed by atoms with E-state index in [9.17, 15) is 13.2 Å². The second-order valence-electron chi connectivity index (χ2n) is 3.77. The predicted octanol–water partition coefficient (Wildman–Crippen LogP) is 2.19. The van der Waals surface area contributed by atoms with Gasteiger partial charge in [-0.3, -0.25) is 4.72 Å². The first-order chi connectivity index (χ1) is 9.38. The summed E-state index contributed by atoms with van der Waals surface area (Å²) in [6.07, 6.45) is 0. The molecule has 0 amide bonds. The number of anilines is 1. The maximum Gasteiger partial charge on any atom is 0.354 e. The van der Waals surface area contributed by atoms with Crippen molar-refractivity contribution in [3.63, 3.8) is 0 Å². The van der Waals surface area contributed by atoms with Crippen molar-refractivity contribution in [2.24, 2.45) is 0 Å². The number of rotatable bonds is 4. The summed E-state index contributed by atoms with van der Waals surface area (Å²) in [6.45, 7) is 0. The monoisotopic (exact) mass is 404 g/mol. The lowest BCUT2D eigenvalue weighted by Gasteiger charge is -2.07. The van der Waals surface area contributed by atoms with Crippen molar-refractivity contribution in [3.05, 3.63) is 51.7 Å². The lowest BCUT2D eigenvalue weighted by Crippen LogP contribution is -2.15. The molecule has 0 unspecified atom stereocenters. The van der Waals surface area contributed by atoms with Crippen molar-refractivity contribution in [1.29, 1.82) is 0 Å². The first kappa shape index (κ1) is 14.7. The standard InChI is InChI=1S/C12H9IN2O4S/c13-8-4-6-9(7-5-8)20(18,19)15-11-3-1-2-10(14-11)12(16)17/h1-7H,(H,14,15)(H,16,17). The van der Waals surface area contributed by atoms with E-state index in [2.05, 4.69) is 32.3 Å². The number of nitrogens with one attached hydrogen (secondary N) is 1. The van der Waals surface area contributed by atoms with Crippen molar-refractivity contribution >= 4 is 44.4 Å². The topological polar surface area (TPSA) is 96.4 Å². The number of aromatic nitrogens is 1. The third kappa shape index (κ3) is 3.45. The van der Waals surface area contributed by atoms with Crippen LogP contribution in [0.5, 0.6) is 0 Å². The number of aromatic carboxylic acids is 1. The van der Waals surface area contributed by atoms with E-state index < -0.39 is 16.0 Å². The number of sulfonamides is 1. The number of hydrogen-bond donors (Lipinski definition) is 2. The largest absolute Gasteiger partial charge is 0.477 e. The molecule has 0 saturated heterocycles. The van der Waals surface area contributed by atoms with E-state index in [4.69, 9.17) is 5.11 Å². The molecule has 20 heavy (non-hydrogen) atoms. The van der Waals surface area contributed by atoms with Crippen LogP contribution >= 0.6 is 22.6 Å². The highest BCUT2D eigenvalue weighted by Crippen LogP contribution is 2.16. The molecule has 0 saturated carbocycles. The van der Waals surface area contributed by atoms with Crippen LogP contribution in [0.1, 0.15) is 10.5 Å². The molecule has 2 aromatic rings. The molecule has 0 aliphatic rings. The highest BCUT2D eigenvalue weighted by Gasteiger charge is 2.15. The van der Waals surface area contributed by atoms with Gasteiger partial charge < -0.3 is 5.11 Å². The Morgan fingerprint density at radius 2 is 1.80 bits per heavy atom. The Morgan fingerprint density at radius 3 is 2.40 bits per heavy atom. The van der Waals surface area contributed by atoms with Gasteiger partial charge in [-0.1, -0.05) is 6.07 Å². The van der Waals surface area contributed by atoms with Crippen LogP contribution in [0, 0.1) is 3.57 Å². The normalized spacial score (nSPS) is 11.1. The molecule has 0 aliphatic heterocycles. The van der Waals surface area contributed by atoms with Gasteiger partial charge in [0.2, 0.25) is 0 Å². The Balaban J connectivity index is 2.31. The van der Waals surface area contributed by atoms with Crippen molar-refractivity contribution in [2.45, 2.75) is 4.90 Å². The number of pyridine rings is 1. The van der Waals surface area contributed by atoms with Crippen LogP contribution in [0.15, 0.2) is 47.4 Å². The number of halogens is 1. The Morgan fingerprint density at radius 1 is 1.15 bits per heavy atom. The lowest BCUT2D eigenvalue weighted by atomic mass is 10.3. The molecule has 0 atom stereocenters. The molecule has 0 fully saturated rings. The van der Waals surface area contributed by atoms with Crippen LogP contribution in [0.4, 0.5) is 5.82 Å². The zero-order valence-electron chi connectivity index (χ0n) is 9.95. The van der Waals surface area contributed by atoms with E-state index in [1.807, 2.05) is 0 Å². The number of benzene rings is 1. The van der Waals surface area contributed by atoms with Gasteiger partial charge in [0.05, 0.1) is 4.90 Å². The van der Waals surface area contributed by atoms with Gasteiger partial charge in [0.15, 0.2) is 5.69 Å². The minimum atomic E-state index is -3.78. The maximum absolute atomic E-state index is 12.1. The van der Waals surface area contributed by atoms with Crippen molar-refractivity contribution < 1.29 is 18.3 Å². The Labute approximate surface area is 129 Å². The van der Waals surface area contributed by atoms with Gasteiger partial charge >= 0.3 is 5.97 Å². The minimum Gasteiger partial charge on any atom is -0.477 e. The summed E-state index contributed by atoms with van der Waals surface area (Å²) in [5.74, 6) is -1.26. The number of hydrogen-bond acceptors (Lipinski definition) is 4. The average molecular weight is 404 g/mol. The van der Waals surface area contributed by atoms with Crippen LogP contribution in [-0.4, -0.2) is 24.5 Å². The van der Waals surface area contributed by atoms with Crippen molar-refractivity contribution in [2.75, 3.05) is 4.72 Å². The quantitative estimate of drug-likeness (QED) is 0.762. The molecule has 0 aliphatic carbocycles. The van der Waals surface area contributed by atoms with Crippen LogP contribution < -0.4 is 4.72 Å². The van der Waals surface area contributed by atoms with E-state index in [1.54, 1.807) is 12.1 Å². The third-order valence-corrected chi connectivity index (χ3v) is 4.42. The molecular weight excluding hydrogens is 395 g/mol. The van der Waals surface area contributed by atoms with Gasteiger partial charge in [-0.2, -0.15) is 0 Å². The minimum absolute atomic E-state index is 0.0385. The molecule has 0 radical (unpaired) electrons. The first-order valence-corrected chi connectivity index (χ1v) is 7.93. The zero-order chi connectivity index (χ0) is 14.8.